The number of likely N-dealkylation sites (N-methyl/N-ethyl adjacent to an activating group) is 1. The molecule has 30 heavy (non-hydrogen) atoms. The van der Waals surface area contributed by atoms with Gasteiger partial charge in [-0.2, -0.15) is 0 Å². The highest BCUT2D eigenvalue weighted by Gasteiger charge is 2.41. The van der Waals surface area contributed by atoms with Crippen LogP contribution in [-0.2, 0) is 11.3 Å². The number of aromatic hydroxyl groups is 1. The molecule has 0 aromatic heterocycles. The summed E-state index contributed by atoms with van der Waals surface area (Å²) in [5.74, 6) is 1.25. The first-order valence-corrected chi connectivity index (χ1v) is 10.8. The van der Waals surface area contributed by atoms with Crippen molar-refractivity contribution in [2.45, 2.75) is 44.0 Å². The van der Waals surface area contributed by atoms with Crippen LogP contribution >= 0.6 is 0 Å². The van der Waals surface area contributed by atoms with E-state index in [-0.39, 0.29) is 18.1 Å². The van der Waals surface area contributed by atoms with E-state index >= 15 is 0 Å². The van der Waals surface area contributed by atoms with Gasteiger partial charge in [-0.1, -0.05) is 30.3 Å². The average Bonchev–Trinajstić information content (AvgIpc) is 3.20. The monoisotopic (exact) mass is 409 g/mol. The fourth-order valence-corrected chi connectivity index (χ4v) is 4.69. The van der Waals surface area contributed by atoms with Crippen LogP contribution in [0.1, 0.15) is 24.8 Å². The maximum atomic E-state index is 12.6. The molecule has 0 spiro atoms. The predicted molar refractivity (Wildman–Crippen MR) is 116 cm³/mol. The molecule has 2 aromatic rings. The van der Waals surface area contributed by atoms with E-state index < -0.39 is 0 Å². The first-order valence-electron chi connectivity index (χ1n) is 10.8. The maximum absolute atomic E-state index is 12.6. The van der Waals surface area contributed by atoms with Crippen LogP contribution in [0.2, 0.25) is 0 Å². The molecule has 2 saturated heterocycles. The van der Waals surface area contributed by atoms with E-state index in [0.29, 0.717) is 11.8 Å². The lowest BCUT2D eigenvalue weighted by atomic mass is 10.0. The molecule has 0 unspecified atom stereocenters. The molecule has 6 heteroatoms. The number of rotatable bonds is 6. The minimum atomic E-state index is -0.127. The van der Waals surface area contributed by atoms with Gasteiger partial charge in [0.15, 0.2) is 0 Å². The number of phenols is 1. The number of hydrogen-bond donors (Lipinski definition) is 2. The van der Waals surface area contributed by atoms with E-state index in [4.69, 9.17) is 4.74 Å². The van der Waals surface area contributed by atoms with Crippen LogP contribution in [0.3, 0.4) is 0 Å². The minimum absolute atomic E-state index is 0.0322. The molecule has 1 amide bonds. The Morgan fingerprint density at radius 3 is 2.47 bits per heavy atom. The van der Waals surface area contributed by atoms with Gasteiger partial charge in [0.05, 0.1) is 6.04 Å². The van der Waals surface area contributed by atoms with Gasteiger partial charge in [0.25, 0.3) is 0 Å². The van der Waals surface area contributed by atoms with Crippen LogP contribution in [0.4, 0.5) is 0 Å². The second-order valence-corrected chi connectivity index (χ2v) is 8.29. The van der Waals surface area contributed by atoms with Crippen molar-refractivity contribution >= 4 is 5.91 Å². The zero-order chi connectivity index (χ0) is 20.9. The summed E-state index contributed by atoms with van der Waals surface area (Å²) in [4.78, 5) is 17.4. The third-order valence-corrected chi connectivity index (χ3v) is 6.26. The predicted octanol–water partition coefficient (Wildman–Crippen LogP) is 2.62. The van der Waals surface area contributed by atoms with Crippen molar-refractivity contribution in [1.82, 2.24) is 15.1 Å². The Morgan fingerprint density at radius 2 is 1.80 bits per heavy atom. The molecule has 2 aromatic carbocycles. The molecular formula is C24H31N3O3. The van der Waals surface area contributed by atoms with E-state index in [0.717, 1.165) is 51.2 Å². The summed E-state index contributed by atoms with van der Waals surface area (Å²) in [5, 5.41) is 12.3. The SMILES string of the molecule is CNC(=O)[C@@H]1C[C@H](Oc2ccccc2)CN1C1CCN(Cc2ccc(O)cc2)CC1. The molecule has 2 aliphatic heterocycles. The van der Waals surface area contributed by atoms with Crippen molar-refractivity contribution in [3.05, 3.63) is 60.2 Å². The Labute approximate surface area is 178 Å². The van der Waals surface area contributed by atoms with E-state index in [1.165, 1.54) is 5.56 Å². The number of phenolic OH excluding ortho intramolecular Hbond substituents is 1. The lowest BCUT2D eigenvalue weighted by Gasteiger charge is -2.38. The Balaban J connectivity index is 1.35. The zero-order valence-electron chi connectivity index (χ0n) is 17.5. The molecule has 2 atom stereocenters. The smallest absolute Gasteiger partial charge is 0.237 e. The van der Waals surface area contributed by atoms with Crippen molar-refractivity contribution in [2.24, 2.45) is 0 Å². The summed E-state index contributed by atoms with van der Waals surface area (Å²) in [6.07, 6.45) is 2.85. The number of hydrogen-bond acceptors (Lipinski definition) is 5. The molecule has 0 radical (unpaired) electrons. The highest BCUT2D eigenvalue weighted by atomic mass is 16.5. The van der Waals surface area contributed by atoms with Gasteiger partial charge in [0.1, 0.15) is 17.6 Å². The van der Waals surface area contributed by atoms with Gasteiger partial charge in [0.2, 0.25) is 5.91 Å². The van der Waals surface area contributed by atoms with Crippen LogP contribution in [0.25, 0.3) is 0 Å². The first kappa shape index (κ1) is 20.7. The lowest BCUT2D eigenvalue weighted by Crippen LogP contribution is -2.50. The van der Waals surface area contributed by atoms with Crippen molar-refractivity contribution in [2.75, 3.05) is 26.7 Å². The summed E-state index contributed by atoms with van der Waals surface area (Å²) in [5.41, 5.74) is 1.21. The Kier molecular flexibility index (Phi) is 6.55. The Bertz CT molecular complexity index is 819. The summed E-state index contributed by atoms with van der Waals surface area (Å²) in [6, 6.07) is 17.6. The van der Waals surface area contributed by atoms with Gasteiger partial charge in [0, 0.05) is 32.6 Å². The molecule has 2 heterocycles. The molecular weight excluding hydrogens is 378 g/mol. The number of carbonyl (C=O) groups is 1. The van der Waals surface area contributed by atoms with Crippen molar-refractivity contribution < 1.29 is 14.6 Å². The number of nitrogens with zero attached hydrogens (tertiary/aromatic N) is 2. The number of para-hydroxylation sites is 1. The molecule has 4 rings (SSSR count). The number of nitrogens with one attached hydrogen (secondary N) is 1. The van der Waals surface area contributed by atoms with E-state index in [1.807, 2.05) is 42.5 Å². The van der Waals surface area contributed by atoms with Crippen molar-refractivity contribution in [3.8, 4) is 11.5 Å². The summed E-state index contributed by atoms with van der Waals surface area (Å²) < 4.78 is 6.18. The number of likely N-dealkylation sites (tertiary alicyclic amines) is 2. The number of ether oxygens (including phenoxy) is 1. The Hall–Kier alpha value is -2.57. The number of piperidine rings is 1. The molecule has 0 aliphatic carbocycles. The fourth-order valence-electron chi connectivity index (χ4n) is 4.69. The van der Waals surface area contributed by atoms with Crippen LogP contribution < -0.4 is 10.1 Å². The van der Waals surface area contributed by atoms with Crippen LogP contribution in [0, 0.1) is 0 Å². The Morgan fingerprint density at radius 1 is 1.10 bits per heavy atom. The molecule has 2 N–H and O–H groups in total. The standard InChI is InChI=1S/C24H31N3O3/c1-25-24(29)23-15-22(30-21-5-3-2-4-6-21)17-27(23)19-11-13-26(14-12-19)16-18-7-9-20(28)10-8-18/h2-10,19,22-23,28H,11-17H2,1H3,(H,25,29)/t22-,23-/m0/s1. The number of carbonyl (C=O) groups excluding carboxylic acids is 1. The molecule has 2 aliphatic rings. The first-order chi connectivity index (χ1) is 14.6. The summed E-state index contributed by atoms with van der Waals surface area (Å²) >= 11 is 0. The zero-order valence-corrected chi connectivity index (χ0v) is 17.5. The maximum Gasteiger partial charge on any atom is 0.237 e. The second-order valence-electron chi connectivity index (χ2n) is 8.29. The van der Waals surface area contributed by atoms with Crippen molar-refractivity contribution in [1.29, 1.82) is 0 Å². The summed E-state index contributed by atoms with van der Waals surface area (Å²) in [6.45, 7) is 3.70. The van der Waals surface area contributed by atoms with E-state index in [9.17, 15) is 9.90 Å². The highest BCUT2D eigenvalue weighted by molar-refractivity contribution is 5.81. The van der Waals surface area contributed by atoms with Gasteiger partial charge in [-0.15, -0.1) is 0 Å². The average molecular weight is 410 g/mol. The molecule has 160 valence electrons. The van der Waals surface area contributed by atoms with Gasteiger partial charge in [-0.05, 0) is 55.8 Å². The second kappa shape index (κ2) is 9.49. The van der Waals surface area contributed by atoms with Gasteiger partial charge < -0.3 is 15.2 Å². The largest absolute Gasteiger partial charge is 0.508 e. The normalized spacial score (nSPS) is 23.4. The molecule has 6 nitrogen and oxygen atoms in total. The lowest BCUT2D eigenvalue weighted by molar-refractivity contribution is -0.126. The summed E-state index contributed by atoms with van der Waals surface area (Å²) in [7, 11) is 1.71. The van der Waals surface area contributed by atoms with Crippen LogP contribution in [0.5, 0.6) is 11.5 Å². The number of benzene rings is 2. The van der Waals surface area contributed by atoms with Gasteiger partial charge in [-0.25, -0.2) is 0 Å². The minimum Gasteiger partial charge on any atom is -0.508 e. The third kappa shape index (κ3) is 4.94. The number of amides is 1. The highest BCUT2D eigenvalue weighted by Crippen LogP contribution is 2.29. The third-order valence-electron chi connectivity index (χ3n) is 6.26. The topological polar surface area (TPSA) is 65.0 Å². The van der Waals surface area contributed by atoms with Gasteiger partial charge in [-0.3, -0.25) is 14.6 Å². The van der Waals surface area contributed by atoms with E-state index in [2.05, 4.69) is 15.1 Å². The van der Waals surface area contributed by atoms with Crippen LogP contribution in [-0.4, -0.2) is 65.7 Å². The van der Waals surface area contributed by atoms with Crippen molar-refractivity contribution in [3.63, 3.8) is 0 Å². The quantitative estimate of drug-likeness (QED) is 0.768. The van der Waals surface area contributed by atoms with Gasteiger partial charge >= 0.3 is 0 Å². The molecule has 2 fully saturated rings. The van der Waals surface area contributed by atoms with E-state index in [1.54, 1.807) is 19.2 Å². The molecule has 0 saturated carbocycles. The van der Waals surface area contributed by atoms with Crippen LogP contribution in [0.15, 0.2) is 54.6 Å². The molecule has 0 bridgehead atoms. The fraction of sp³-hybridized carbons (Fsp3) is 0.458.